The third kappa shape index (κ3) is 4.62. The van der Waals surface area contributed by atoms with Gasteiger partial charge in [-0.3, -0.25) is 4.98 Å². The summed E-state index contributed by atoms with van der Waals surface area (Å²) in [5.74, 6) is 0. The molecule has 0 aromatic carbocycles. The number of hydrogen-bond acceptors (Lipinski definition) is 3. The van der Waals surface area contributed by atoms with Gasteiger partial charge in [-0.1, -0.05) is 13.3 Å². The largest absolute Gasteiger partial charge is 0.388 e. The van der Waals surface area contributed by atoms with E-state index in [1.54, 1.807) is 12.4 Å². The van der Waals surface area contributed by atoms with Crippen LogP contribution in [0.4, 0.5) is 5.69 Å². The minimum absolute atomic E-state index is 0.541. The Kier molecular flexibility index (Phi) is 4.54. The van der Waals surface area contributed by atoms with Gasteiger partial charge in [-0.15, -0.1) is 0 Å². The van der Waals surface area contributed by atoms with E-state index in [1.807, 2.05) is 13.0 Å². The minimum atomic E-state index is -0.656. The van der Waals surface area contributed by atoms with E-state index in [1.165, 1.54) is 0 Å². The van der Waals surface area contributed by atoms with Gasteiger partial charge in [0.1, 0.15) is 0 Å². The van der Waals surface area contributed by atoms with Crippen molar-refractivity contribution in [2.75, 3.05) is 11.9 Å². The predicted molar refractivity (Wildman–Crippen MR) is 66.0 cm³/mol. The molecule has 4 heteroatoms. The van der Waals surface area contributed by atoms with Gasteiger partial charge in [0.25, 0.3) is 0 Å². The fourth-order valence-electron chi connectivity index (χ4n) is 1.43. The van der Waals surface area contributed by atoms with Crippen molar-refractivity contribution >= 4 is 21.6 Å². The SMILES string of the molecule is CCCC(C)(O)CNc1cncc(Br)c1. The molecule has 1 aromatic heterocycles. The molecule has 0 amide bonds. The van der Waals surface area contributed by atoms with Crippen molar-refractivity contribution in [2.45, 2.75) is 32.3 Å². The van der Waals surface area contributed by atoms with Crippen molar-refractivity contribution in [1.82, 2.24) is 4.98 Å². The monoisotopic (exact) mass is 272 g/mol. The molecule has 3 nitrogen and oxygen atoms in total. The second-order valence-corrected chi connectivity index (χ2v) is 4.91. The summed E-state index contributed by atoms with van der Waals surface area (Å²) in [6, 6.07) is 1.94. The Morgan fingerprint density at radius 1 is 1.53 bits per heavy atom. The van der Waals surface area contributed by atoms with Crippen LogP contribution in [0.5, 0.6) is 0 Å². The zero-order valence-electron chi connectivity index (χ0n) is 9.13. The van der Waals surface area contributed by atoms with E-state index in [0.29, 0.717) is 6.54 Å². The fourth-order valence-corrected chi connectivity index (χ4v) is 1.79. The lowest BCUT2D eigenvalue weighted by Gasteiger charge is -2.23. The molecule has 84 valence electrons. The lowest BCUT2D eigenvalue weighted by molar-refractivity contribution is 0.0637. The lowest BCUT2D eigenvalue weighted by atomic mass is 10.0. The molecule has 0 aliphatic carbocycles. The van der Waals surface area contributed by atoms with Crippen molar-refractivity contribution in [3.63, 3.8) is 0 Å². The smallest absolute Gasteiger partial charge is 0.0791 e. The van der Waals surface area contributed by atoms with Crippen LogP contribution in [0.1, 0.15) is 26.7 Å². The molecular weight excluding hydrogens is 256 g/mol. The Balaban J connectivity index is 2.49. The maximum atomic E-state index is 9.95. The molecule has 0 saturated heterocycles. The van der Waals surface area contributed by atoms with Gasteiger partial charge >= 0.3 is 0 Å². The van der Waals surface area contributed by atoms with Gasteiger partial charge in [0.15, 0.2) is 0 Å². The summed E-state index contributed by atoms with van der Waals surface area (Å²) in [7, 11) is 0. The van der Waals surface area contributed by atoms with Gasteiger partial charge < -0.3 is 10.4 Å². The fraction of sp³-hybridized carbons (Fsp3) is 0.545. The van der Waals surface area contributed by atoms with Crippen LogP contribution < -0.4 is 5.32 Å². The average molecular weight is 273 g/mol. The third-order valence-electron chi connectivity index (χ3n) is 2.17. The van der Waals surface area contributed by atoms with E-state index in [2.05, 4.69) is 33.2 Å². The van der Waals surface area contributed by atoms with Gasteiger partial charge in [0.05, 0.1) is 17.5 Å². The van der Waals surface area contributed by atoms with Gasteiger partial charge in [0.2, 0.25) is 0 Å². The topological polar surface area (TPSA) is 45.1 Å². The number of nitrogens with zero attached hydrogens (tertiary/aromatic N) is 1. The van der Waals surface area contributed by atoms with Crippen LogP contribution in [0.2, 0.25) is 0 Å². The number of hydrogen-bond donors (Lipinski definition) is 2. The quantitative estimate of drug-likeness (QED) is 0.867. The van der Waals surface area contributed by atoms with Gasteiger partial charge in [-0.2, -0.15) is 0 Å². The van der Waals surface area contributed by atoms with Crippen LogP contribution in [0, 0.1) is 0 Å². The molecule has 1 heterocycles. The Morgan fingerprint density at radius 2 is 2.27 bits per heavy atom. The van der Waals surface area contributed by atoms with E-state index in [4.69, 9.17) is 0 Å². The number of aliphatic hydroxyl groups is 1. The number of rotatable bonds is 5. The zero-order valence-corrected chi connectivity index (χ0v) is 10.7. The summed E-state index contributed by atoms with van der Waals surface area (Å²) >= 11 is 3.35. The Labute approximate surface area is 99.1 Å². The van der Waals surface area contributed by atoms with E-state index >= 15 is 0 Å². The third-order valence-corrected chi connectivity index (χ3v) is 2.60. The van der Waals surface area contributed by atoms with E-state index in [0.717, 1.165) is 23.0 Å². The molecule has 1 aromatic rings. The molecule has 1 rings (SSSR count). The number of halogens is 1. The molecule has 0 spiro atoms. The Bertz CT molecular complexity index is 315. The molecule has 0 aliphatic rings. The van der Waals surface area contributed by atoms with Crippen molar-refractivity contribution in [3.8, 4) is 0 Å². The Morgan fingerprint density at radius 3 is 2.87 bits per heavy atom. The highest BCUT2D eigenvalue weighted by atomic mass is 79.9. The summed E-state index contributed by atoms with van der Waals surface area (Å²) in [6.45, 7) is 4.45. The van der Waals surface area contributed by atoms with Crippen LogP contribution >= 0.6 is 15.9 Å². The normalized spacial score (nSPS) is 14.7. The minimum Gasteiger partial charge on any atom is -0.388 e. The van der Waals surface area contributed by atoms with Crippen LogP contribution in [-0.4, -0.2) is 22.2 Å². The van der Waals surface area contributed by atoms with Gasteiger partial charge in [-0.05, 0) is 35.3 Å². The van der Waals surface area contributed by atoms with Crippen LogP contribution in [0.25, 0.3) is 0 Å². The zero-order chi connectivity index (χ0) is 11.3. The number of nitrogens with one attached hydrogen (secondary N) is 1. The first-order valence-electron chi connectivity index (χ1n) is 5.10. The molecular formula is C11H17BrN2O. The summed E-state index contributed by atoms with van der Waals surface area (Å²) in [5, 5.41) is 13.1. The second-order valence-electron chi connectivity index (χ2n) is 3.99. The number of pyridine rings is 1. The molecule has 2 N–H and O–H groups in total. The molecule has 0 bridgehead atoms. The summed E-state index contributed by atoms with van der Waals surface area (Å²) in [6.07, 6.45) is 5.25. The van der Waals surface area contributed by atoms with Crippen LogP contribution in [0.3, 0.4) is 0 Å². The summed E-state index contributed by atoms with van der Waals surface area (Å²) in [4.78, 5) is 4.04. The van der Waals surface area contributed by atoms with Gasteiger partial charge in [-0.25, -0.2) is 0 Å². The molecule has 0 fully saturated rings. The molecule has 1 unspecified atom stereocenters. The molecule has 0 aliphatic heterocycles. The van der Waals surface area contributed by atoms with Crippen molar-refractivity contribution < 1.29 is 5.11 Å². The van der Waals surface area contributed by atoms with E-state index < -0.39 is 5.60 Å². The maximum absolute atomic E-state index is 9.95. The summed E-state index contributed by atoms with van der Waals surface area (Å²) in [5.41, 5.74) is 0.262. The Hall–Kier alpha value is -0.610. The maximum Gasteiger partial charge on any atom is 0.0791 e. The second kappa shape index (κ2) is 5.47. The summed E-state index contributed by atoms with van der Waals surface area (Å²) < 4.78 is 0.933. The number of anilines is 1. The molecule has 1 atom stereocenters. The standard InChI is InChI=1S/C11H17BrN2O/c1-3-4-11(2,15)8-14-10-5-9(12)6-13-7-10/h5-7,14-15H,3-4,8H2,1-2H3. The predicted octanol–water partition coefficient (Wildman–Crippen LogP) is 2.81. The van der Waals surface area contributed by atoms with Crippen LogP contribution in [0.15, 0.2) is 22.9 Å². The first-order valence-corrected chi connectivity index (χ1v) is 5.89. The highest BCUT2D eigenvalue weighted by Gasteiger charge is 2.18. The highest BCUT2D eigenvalue weighted by Crippen LogP contribution is 2.16. The average Bonchev–Trinajstić information content (AvgIpc) is 2.15. The lowest BCUT2D eigenvalue weighted by Crippen LogP contribution is -2.33. The van der Waals surface area contributed by atoms with Crippen LogP contribution in [-0.2, 0) is 0 Å². The highest BCUT2D eigenvalue weighted by molar-refractivity contribution is 9.10. The van der Waals surface area contributed by atoms with Crippen molar-refractivity contribution in [1.29, 1.82) is 0 Å². The first-order chi connectivity index (χ1) is 7.03. The van der Waals surface area contributed by atoms with Crippen molar-refractivity contribution in [3.05, 3.63) is 22.9 Å². The molecule has 0 saturated carbocycles. The molecule has 0 radical (unpaired) electrons. The number of aromatic nitrogens is 1. The van der Waals surface area contributed by atoms with E-state index in [-0.39, 0.29) is 0 Å². The molecule has 15 heavy (non-hydrogen) atoms. The van der Waals surface area contributed by atoms with E-state index in [9.17, 15) is 5.11 Å². The van der Waals surface area contributed by atoms with Crippen molar-refractivity contribution in [2.24, 2.45) is 0 Å². The van der Waals surface area contributed by atoms with Gasteiger partial charge in [0, 0.05) is 17.2 Å². The first kappa shape index (κ1) is 12.5.